The molecule has 3 aliphatic heterocycles. The number of nitrogens with one attached hydrogen (secondary N) is 1. The van der Waals surface area contributed by atoms with Crippen LogP contribution in [0.15, 0.2) is 48.5 Å². The minimum atomic E-state index is -0.304. The third-order valence-electron chi connectivity index (χ3n) is 6.73. The van der Waals surface area contributed by atoms with Crippen molar-refractivity contribution in [2.75, 3.05) is 13.2 Å². The van der Waals surface area contributed by atoms with E-state index < -0.39 is 0 Å². The maximum atomic E-state index is 13.5. The molecule has 3 aromatic rings. The van der Waals surface area contributed by atoms with Crippen LogP contribution in [0.1, 0.15) is 35.7 Å². The molecule has 7 heteroatoms. The number of hydrogen-bond acceptors (Lipinski definition) is 3. The molecule has 0 aliphatic carbocycles. The molecule has 2 fully saturated rings. The number of benzene rings is 2. The number of amides is 1. The van der Waals surface area contributed by atoms with E-state index in [1.54, 1.807) is 4.90 Å². The van der Waals surface area contributed by atoms with Crippen molar-refractivity contribution in [2.45, 2.75) is 37.5 Å². The van der Waals surface area contributed by atoms with Gasteiger partial charge in [-0.25, -0.2) is 0 Å². The van der Waals surface area contributed by atoms with E-state index in [4.69, 9.17) is 28.6 Å². The maximum absolute atomic E-state index is 13.5. The van der Waals surface area contributed by atoms with E-state index in [9.17, 15) is 4.79 Å². The molecule has 0 saturated carbocycles. The van der Waals surface area contributed by atoms with Gasteiger partial charge in [0.1, 0.15) is 6.04 Å². The van der Waals surface area contributed by atoms with Gasteiger partial charge < -0.3 is 14.6 Å². The molecule has 4 heterocycles. The first-order valence-corrected chi connectivity index (χ1v) is 11.5. The summed E-state index contributed by atoms with van der Waals surface area (Å²) < 4.78 is 5.80. The first-order chi connectivity index (χ1) is 15.1. The molecule has 6 rings (SSSR count). The minimum absolute atomic E-state index is 0.0656. The highest BCUT2D eigenvalue weighted by Gasteiger charge is 2.50. The highest BCUT2D eigenvalue weighted by molar-refractivity contribution is 7.80. The number of aromatic amines is 1. The lowest BCUT2D eigenvalue weighted by Crippen LogP contribution is -2.44. The van der Waals surface area contributed by atoms with Crippen LogP contribution in [0.4, 0.5) is 0 Å². The minimum Gasteiger partial charge on any atom is -0.376 e. The van der Waals surface area contributed by atoms with Gasteiger partial charge in [0, 0.05) is 34.6 Å². The summed E-state index contributed by atoms with van der Waals surface area (Å²) in [5, 5.41) is 2.45. The monoisotopic (exact) mass is 451 g/mol. The van der Waals surface area contributed by atoms with E-state index in [-0.39, 0.29) is 24.1 Å². The van der Waals surface area contributed by atoms with Crippen LogP contribution in [-0.4, -0.2) is 51.1 Å². The van der Waals surface area contributed by atoms with E-state index in [2.05, 4.69) is 22.0 Å². The Morgan fingerprint density at radius 3 is 2.74 bits per heavy atom. The average molecular weight is 452 g/mol. The van der Waals surface area contributed by atoms with Crippen molar-refractivity contribution in [3.05, 3.63) is 70.4 Å². The van der Waals surface area contributed by atoms with Gasteiger partial charge in [0.15, 0.2) is 5.11 Å². The summed E-state index contributed by atoms with van der Waals surface area (Å²) in [4.78, 5) is 21.1. The number of rotatable bonds is 3. The Hall–Kier alpha value is -2.41. The molecule has 5 nitrogen and oxygen atoms in total. The first kappa shape index (κ1) is 19.3. The molecule has 0 unspecified atom stereocenters. The smallest absolute Gasteiger partial charge is 0.251 e. The van der Waals surface area contributed by atoms with Crippen LogP contribution in [0.5, 0.6) is 0 Å². The summed E-state index contributed by atoms with van der Waals surface area (Å²) in [5.74, 6) is 0.0791. The number of thiocarbonyl (C=S) groups is 1. The highest BCUT2D eigenvalue weighted by Crippen LogP contribution is 2.44. The Balaban J connectivity index is 1.47. The maximum Gasteiger partial charge on any atom is 0.251 e. The third kappa shape index (κ3) is 3.00. The van der Waals surface area contributed by atoms with Crippen LogP contribution in [0.25, 0.3) is 10.9 Å². The number of fused-ring (bicyclic) bond motifs is 4. The van der Waals surface area contributed by atoms with Crippen LogP contribution >= 0.6 is 23.8 Å². The van der Waals surface area contributed by atoms with Crippen LogP contribution in [0, 0.1) is 0 Å². The summed E-state index contributed by atoms with van der Waals surface area (Å²) in [5.41, 5.74) is 4.46. The average Bonchev–Trinajstić information content (AvgIpc) is 3.48. The number of carbonyl (C=O) groups excluding carboxylic acids is 1. The fourth-order valence-electron chi connectivity index (χ4n) is 5.28. The van der Waals surface area contributed by atoms with E-state index in [1.807, 2.05) is 36.4 Å². The molecular formula is C24H22ClN3O2S. The molecule has 158 valence electrons. The molecule has 2 aromatic carbocycles. The standard InChI is InChI=1S/C24H22ClN3O2S/c25-15-9-7-14(8-10-15)22-21-18(17-5-1-2-6-19(17)26-21)12-20-23(29)27(24(31)28(20)22)13-16-4-3-11-30-16/h1-2,5-10,16,20,22,26H,3-4,11-13H2/t16-,20-,22+/m0/s1. The second-order valence-electron chi connectivity index (χ2n) is 8.51. The second kappa shape index (κ2) is 7.33. The zero-order chi connectivity index (χ0) is 21.1. The van der Waals surface area contributed by atoms with Crippen LogP contribution in [-0.2, 0) is 16.0 Å². The number of halogens is 1. The van der Waals surface area contributed by atoms with Crippen molar-refractivity contribution in [3.63, 3.8) is 0 Å². The van der Waals surface area contributed by atoms with Crippen molar-refractivity contribution < 1.29 is 9.53 Å². The lowest BCUT2D eigenvalue weighted by atomic mass is 9.89. The molecule has 1 aromatic heterocycles. The van der Waals surface area contributed by atoms with Crippen molar-refractivity contribution in [1.82, 2.24) is 14.8 Å². The van der Waals surface area contributed by atoms with Crippen molar-refractivity contribution in [1.29, 1.82) is 0 Å². The summed E-state index contributed by atoms with van der Waals surface area (Å²) in [6, 6.07) is 15.7. The van der Waals surface area contributed by atoms with E-state index in [1.165, 1.54) is 10.9 Å². The summed E-state index contributed by atoms with van der Waals surface area (Å²) >= 11 is 12.1. The van der Waals surface area contributed by atoms with Crippen molar-refractivity contribution >= 4 is 45.7 Å². The fourth-order valence-corrected chi connectivity index (χ4v) is 5.80. The van der Waals surface area contributed by atoms with Crippen LogP contribution in [0.2, 0.25) is 5.02 Å². The number of aromatic nitrogens is 1. The second-order valence-corrected chi connectivity index (χ2v) is 9.31. The molecule has 1 N–H and O–H groups in total. The topological polar surface area (TPSA) is 48.6 Å². The normalized spacial score (nSPS) is 25.4. The molecule has 3 aliphatic rings. The molecule has 0 radical (unpaired) electrons. The Labute approximate surface area is 190 Å². The molecule has 0 bridgehead atoms. The molecule has 0 spiro atoms. The SMILES string of the molecule is O=C1[C@@H]2Cc3c([nH]c4ccccc34)[C@@H](c3ccc(Cl)cc3)N2C(=S)N1C[C@@H]1CCCO1. The van der Waals surface area contributed by atoms with Gasteiger partial charge in [0.25, 0.3) is 5.91 Å². The summed E-state index contributed by atoms with van der Waals surface area (Å²) in [7, 11) is 0. The zero-order valence-corrected chi connectivity index (χ0v) is 18.5. The van der Waals surface area contributed by atoms with E-state index in [0.717, 1.165) is 36.2 Å². The van der Waals surface area contributed by atoms with Crippen molar-refractivity contribution in [3.8, 4) is 0 Å². The number of carbonyl (C=O) groups is 1. The third-order valence-corrected chi connectivity index (χ3v) is 7.41. The van der Waals surface area contributed by atoms with Gasteiger partial charge in [-0.2, -0.15) is 0 Å². The Kier molecular flexibility index (Phi) is 4.56. The van der Waals surface area contributed by atoms with Crippen molar-refractivity contribution in [2.24, 2.45) is 0 Å². The van der Waals surface area contributed by atoms with Gasteiger partial charge in [0.05, 0.1) is 18.7 Å². The van der Waals surface area contributed by atoms with Gasteiger partial charge in [-0.05, 0) is 54.4 Å². The van der Waals surface area contributed by atoms with E-state index >= 15 is 0 Å². The Bertz CT molecular complexity index is 1190. The molecule has 1 amide bonds. The molecule has 3 atom stereocenters. The predicted molar refractivity (Wildman–Crippen MR) is 124 cm³/mol. The number of hydrogen-bond donors (Lipinski definition) is 1. The van der Waals surface area contributed by atoms with E-state index in [0.29, 0.717) is 23.1 Å². The fraction of sp³-hybridized carbons (Fsp3) is 0.333. The van der Waals surface area contributed by atoms with Gasteiger partial charge in [0.2, 0.25) is 0 Å². The van der Waals surface area contributed by atoms with Gasteiger partial charge in [-0.1, -0.05) is 41.9 Å². The number of para-hydroxylation sites is 1. The number of nitrogens with zero attached hydrogens (tertiary/aromatic N) is 2. The van der Waals surface area contributed by atoms with Gasteiger partial charge in [-0.3, -0.25) is 9.69 Å². The Morgan fingerprint density at radius 1 is 1.16 bits per heavy atom. The lowest BCUT2D eigenvalue weighted by Gasteiger charge is -2.37. The largest absolute Gasteiger partial charge is 0.376 e. The first-order valence-electron chi connectivity index (χ1n) is 10.7. The molecular weight excluding hydrogens is 430 g/mol. The molecule has 2 saturated heterocycles. The van der Waals surface area contributed by atoms with Gasteiger partial charge in [-0.15, -0.1) is 0 Å². The Morgan fingerprint density at radius 2 is 1.97 bits per heavy atom. The zero-order valence-electron chi connectivity index (χ0n) is 16.9. The number of H-pyrrole nitrogens is 1. The summed E-state index contributed by atoms with van der Waals surface area (Å²) in [6.45, 7) is 1.29. The quantitative estimate of drug-likeness (QED) is 0.598. The van der Waals surface area contributed by atoms with Gasteiger partial charge >= 0.3 is 0 Å². The summed E-state index contributed by atoms with van der Waals surface area (Å²) in [6.07, 6.45) is 2.72. The highest BCUT2D eigenvalue weighted by atomic mass is 35.5. The number of ether oxygens (including phenoxy) is 1. The van der Waals surface area contributed by atoms with Crippen LogP contribution in [0.3, 0.4) is 0 Å². The predicted octanol–water partition coefficient (Wildman–Crippen LogP) is 4.44. The lowest BCUT2D eigenvalue weighted by molar-refractivity contribution is -0.129. The van der Waals surface area contributed by atoms with Crippen LogP contribution < -0.4 is 0 Å². The molecule has 31 heavy (non-hydrogen) atoms.